The van der Waals surface area contributed by atoms with Crippen molar-refractivity contribution < 1.29 is 28.7 Å². The fourth-order valence-electron chi connectivity index (χ4n) is 4.61. The van der Waals surface area contributed by atoms with Gasteiger partial charge in [0.15, 0.2) is 0 Å². The minimum atomic E-state index is -0.505. The Labute approximate surface area is 202 Å². The summed E-state index contributed by atoms with van der Waals surface area (Å²) >= 11 is 0. The third kappa shape index (κ3) is 4.82. The third-order valence-electron chi connectivity index (χ3n) is 6.57. The van der Waals surface area contributed by atoms with E-state index in [-0.39, 0.29) is 35.1 Å². The number of amides is 4. The van der Waals surface area contributed by atoms with Crippen LogP contribution in [0.15, 0.2) is 42.5 Å². The van der Waals surface area contributed by atoms with Crippen molar-refractivity contribution in [3.63, 3.8) is 0 Å². The van der Waals surface area contributed by atoms with Gasteiger partial charge in [0.25, 0.3) is 23.6 Å². The second kappa shape index (κ2) is 9.97. The first-order chi connectivity index (χ1) is 17.0. The highest BCUT2D eigenvalue weighted by molar-refractivity contribution is 6.34. The van der Waals surface area contributed by atoms with E-state index in [0.29, 0.717) is 36.5 Å². The van der Waals surface area contributed by atoms with Crippen LogP contribution < -0.4 is 15.5 Å². The lowest BCUT2D eigenvalue weighted by atomic mass is 10.1. The Balaban J connectivity index is 1.25. The van der Waals surface area contributed by atoms with Crippen LogP contribution in [-0.2, 0) is 9.47 Å². The molecule has 0 spiro atoms. The molecule has 9 nitrogen and oxygen atoms in total. The first kappa shape index (κ1) is 23.2. The summed E-state index contributed by atoms with van der Waals surface area (Å²) in [7, 11) is 0. The molecule has 4 amide bonds. The summed E-state index contributed by atoms with van der Waals surface area (Å²) in [5.74, 6) is -1.53. The first-order valence-electron chi connectivity index (χ1n) is 11.9. The number of nitrogens with one attached hydrogen (secondary N) is 2. The van der Waals surface area contributed by atoms with Crippen LogP contribution in [0.5, 0.6) is 0 Å². The molecule has 3 aliphatic heterocycles. The Morgan fingerprint density at radius 3 is 1.89 bits per heavy atom. The highest BCUT2D eigenvalue weighted by Crippen LogP contribution is 2.29. The summed E-state index contributed by atoms with van der Waals surface area (Å²) in [5.41, 5.74) is 1.51. The maximum atomic E-state index is 13.1. The number of nitrogens with zero attached hydrogens (tertiary/aromatic N) is 1. The van der Waals surface area contributed by atoms with E-state index >= 15 is 0 Å². The zero-order valence-electron chi connectivity index (χ0n) is 19.2. The molecule has 2 aromatic carbocycles. The van der Waals surface area contributed by atoms with Crippen LogP contribution in [0, 0.1) is 0 Å². The van der Waals surface area contributed by atoms with E-state index in [0.717, 1.165) is 37.2 Å². The first-order valence-corrected chi connectivity index (χ1v) is 11.9. The monoisotopic (exact) mass is 477 g/mol. The van der Waals surface area contributed by atoms with Crippen LogP contribution in [0.3, 0.4) is 0 Å². The van der Waals surface area contributed by atoms with Gasteiger partial charge in [0.05, 0.1) is 29.0 Å². The van der Waals surface area contributed by atoms with E-state index in [1.54, 1.807) is 30.3 Å². The summed E-state index contributed by atoms with van der Waals surface area (Å²) in [6, 6.07) is 10.8. The number of anilines is 1. The average molecular weight is 478 g/mol. The molecule has 0 saturated carbocycles. The molecule has 2 fully saturated rings. The zero-order valence-corrected chi connectivity index (χ0v) is 19.2. The predicted molar refractivity (Wildman–Crippen MR) is 127 cm³/mol. The number of rotatable bonds is 7. The van der Waals surface area contributed by atoms with Gasteiger partial charge in [-0.1, -0.05) is 0 Å². The van der Waals surface area contributed by atoms with Crippen LogP contribution in [0.2, 0.25) is 0 Å². The normalized spacial score (nSPS) is 21.3. The maximum absolute atomic E-state index is 13.1. The SMILES string of the molecule is O=C(NC[C@H]1CCCO1)c1ccc(N2C(=O)c3ccc(C(=O)NC[C@H]4CCCO4)cc3C2=O)cc1. The fraction of sp³-hybridized carbons (Fsp3) is 0.385. The fourth-order valence-corrected chi connectivity index (χ4v) is 4.61. The van der Waals surface area contributed by atoms with E-state index < -0.39 is 11.8 Å². The van der Waals surface area contributed by atoms with Crippen LogP contribution in [0.1, 0.15) is 67.1 Å². The molecule has 182 valence electrons. The van der Waals surface area contributed by atoms with E-state index in [1.807, 2.05) is 0 Å². The Morgan fingerprint density at radius 2 is 1.31 bits per heavy atom. The van der Waals surface area contributed by atoms with Gasteiger partial charge >= 0.3 is 0 Å². The van der Waals surface area contributed by atoms with Gasteiger partial charge in [0, 0.05) is 37.4 Å². The van der Waals surface area contributed by atoms with Crippen LogP contribution in [0.25, 0.3) is 0 Å². The van der Waals surface area contributed by atoms with Gasteiger partial charge in [-0.25, -0.2) is 4.90 Å². The van der Waals surface area contributed by atoms with Gasteiger partial charge < -0.3 is 20.1 Å². The van der Waals surface area contributed by atoms with Crippen molar-refractivity contribution in [2.24, 2.45) is 0 Å². The molecule has 2 aromatic rings. The van der Waals surface area contributed by atoms with Crippen molar-refractivity contribution in [2.75, 3.05) is 31.2 Å². The van der Waals surface area contributed by atoms with Gasteiger partial charge in [0.1, 0.15) is 0 Å². The number of hydrogen-bond acceptors (Lipinski definition) is 6. The predicted octanol–water partition coefficient (Wildman–Crippen LogP) is 2.30. The molecule has 0 aromatic heterocycles. The van der Waals surface area contributed by atoms with Crippen LogP contribution in [0.4, 0.5) is 5.69 Å². The lowest BCUT2D eigenvalue weighted by Gasteiger charge is -2.15. The topological polar surface area (TPSA) is 114 Å². The molecule has 0 aliphatic carbocycles. The molecule has 2 atom stereocenters. The smallest absolute Gasteiger partial charge is 0.266 e. The van der Waals surface area contributed by atoms with Gasteiger partial charge in [-0.3, -0.25) is 19.2 Å². The number of carbonyl (C=O) groups excluding carboxylic acids is 4. The minimum absolute atomic E-state index is 0.00757. The third-order valence-corrected chi connectivity index (χ3v) is 6.57. The molecule has 0 bridgehead atoms. The molecule has 5 rings (SSSR count). The zero-order chi connectivity index (χ0) is 24.4. The second-order valence-corrected chi connectivity index (χ2v) is 8.94. The summed E-state index contributed by atoms with van der Waals surface area (Å²) in [6.07, 6.45) is 3.86. The Hall–Kier alpha value is -3.56. The van der Waals surface area contributed by atoms with Crippen molar-refractivity contribution >= 4 is 29.3 Å². The maximum Gasteiger partial charge on any atom is 0.266 e. The van der Waals surface area contributed by atoms with E-state index in [9.17, 15) is 19.2 Å². The largest absolute Gasteiger partial charge is 0.376 e. The lowest BCUT2D eigenvalue weighted by molar-refractivity contribution is 0.0854. The minimum Gasteiger partial charge on any atom is -0.376 e. The average Bonchev–Trinajstić information content (AvgIpc) is 3.64. The van der Waals surface area contributed by atoms with Gasteiger partial charge in [-0.05, 0) is 68.1 Å². The number of imide groups is 1. The van der Waals surface area contributed by atoms with Gasteiger partial charge in [-0.15, -0.1) is 0 Å². The molecule has 3 heterocycles. The Kier molecular flexibility index (Phi) is 6.61. The van der Waals surface area contributed by atoms with Gasteiger partial charge in [-0.2, -0.15) is 0 Å². The van der Waals surface area contributed by atoms with Crippen molar-refractivity contribution in [1.82, 2.24) is 10.6 Å². The number of fused-ring (bicyclic) bond motifs is 1. The van der Waals surface area contributed by atoms with Gasteiger partial charge in [0.2, 0.25) is 0 Å². The molecule has 2 N–H and O–H groups in total. The quantitative estimate of drug-likeness (QED) is 0.592. The number of hydrogen-bond donors (Lipinski definition) is 2. The standard InChI is InChI=1S/C26H27N3O6/c30-23(27-14-19-3-1-11-34-19)16-5-8-18(9-6-16)29-25(32)21-10-7-17(13-22(21)26(29)33)24(31)28-15-20-4-2-12-35-20/h5-10,13,19-20H,1-4,11-12,14-15H2,(H,27,30)(H,28,31)/t19-,20-/m1/s1. The Morgan fingerprint density at radius 1 is 0.771 bits per heavy atom. The highest BCUT2D eigenvalue weighted by Gasteiger charge is 2.37. The molecule has 35 heavy (non-hydrogen) atoms. The lowest BCUT2D eigenvalue weighted by Crippen LogP contribution is -2.32. The molecule has 9 heteroatoms. The van der Waals surface area contributed by atoms with Crippen molar-refractivity contribution in [3.8, 4) is 0 Å². The Bertz CT molecular complexity index is 1150. The molecule has 2 saturated heterocycles. The van der Waals surface area contributed by atoms with Crippen LogP contribution in [-0.4, -0.2) is 62.1 Å². The molecule has 3 aliphatic rings. The summed E-state index contributed by atoms with van der Waals surface area (Å²) in [5, 5.41) is 5.68. The summed E-state index contributed by atoms with van der Waals surface area (Å²) < 4.78 is 11.0. The van der Waals surface area contributed by atoms with Crippen molar-refractivity contribution in [2.45, 2.75) is 37.9 Å². The van der Waals surface area contributed by atoms with E-state index in [4.69, 9.17) is 9.47 Å². The molecule has 0 unspecified atom stereocenters. The number of carbonyl (C=O) groups is 4. The molecular formula is C26H27N3O6. The van der Waals surface area contributed by atoms with Crippen molar-refractivity contribution in [1.29, 1.82) is 0 Å². The highest BCUT2D eigenvalue weighted by atomic mass is 16.5. The second-order valence-electron chi connectivity index (χ2n) is 8.94. The van der Waals surface area contributed by atoms with E-state index in [2.05, 4.69) is 10.6 Å². The van der Waals surface area contributed by atoms with E-state index in [1.165, 1.54) is 12.1 Å². The summed E-state index contributed by atoms with van der Waals surface area (Å²) in [4.78, 5) is 52.1. The van der Waals surface area contributed by atoms with Crippen LogP contribution >= 0.6 is 0 Å². The summed E-state index contributed by atoms with van der Waals surface area (Å²) in [6.45, 7) is 2.27. The number of benzene rings is 2. The molecular weight excluding hydrogens is 450 g/mol. The van der Waals surface area contributed by atoms with Crippen molar-refractivity contribution in [3.05, 3.63) is 64.7 Å². The number of ether oxygens (including phenoxy) is 2. The molecule has 0 radical (unpaired) electrons.